The van der Waals surface area contributed by atoms with Gasteiger partial charge in [0.15, 0.2) is 0 Å². The van der Waals surface area contributed by atoms with Crippen LogP contribution in [0.2, 0.25) is 5.02 Å². The van der Waals surface area contributed by atoms with E-state index in [4.69, 9.17) is 16.3 Å². The molecule has 0 atom stereocenters. The third-order valence-corrected chi connectivity index (χ3v) is 5.81. The second-order valence-corrected chi connectivity index (χ2v) is 8.48. The largest absolute Gasteiger partial charge is 0.367 e. The number of rotatable bonds is 8. The first-order chi connectivity index (χ1) is 13.8. The molecule has 1 N–H and O–H groups in total. The topological polar surface area (TPSA) is 110 Å². The molecule has 1 aliphatic heterocycles. The molecule has 10 heteroatoms. The lowest BCUT2D eigenvalue weighted by Gasteiger charge is -2.14. The fourth-order valence-electron chi connectivity index (χ4n) is 2.78. The minimum Gasteiger partial charge on any atom is -0.367 e. The van der Waals surface area contributed by atoms with E-state index in [1.165, 1.54) is 12.1 Å². The Bertz CT molecular complexity index is 1030. The summed E-state index contributed by atoms with van der Waals surface area (Å²) in [5.74, 6) is -2.58. The van der Waals surface area contributed by atoms with Crippen molar-refractivity contribution in [3.05, 3.63) is 70.2 Å². The van der Waals surface area contributed by atoms with Crippen molar-refractivity contribution in [2.24, 2.45) is 0 Å². The summed E-state index contributed by atoms with van der Waals surface area (Å²) in [4.78, 5) is 37.2. The lowest BCUT2D eigenvalue weighted by Crippen LogP contribution is -2.40. The van der Waals surface area contributed by atoms with Crippen LogP contribution < -0.4 is 4.72 Å². The highest BCUT2D eigenvalue weighted by Crippen LogP contribution is 2.22. The first-order valence-corrected chi connectivity index (χ1v) is 10.6. The maximum Gasteiger partial charge on any atom is 0.261 e. The van der Waals surface area contributed by atoms with Gasteiger partial charge in [-0.1, -0.05) is 41.9 Å². The Morgan fingerprint density at radius 2 is 1.59 bits per heavy atom. The minimum atomic E-state index is -4.06. The summed E-state index contributed by atoms with van der Waals surface area (Å²) in [5, 5.41) is 0.474. The molecule has 0 saturated heterocycles. The van der Waals surface area contributed by atoms with Gasteiger partial charge in [-0.25, -0.2) is 8.42 Å². The standard InChI is InChI=1S/C19H17ClN2O6S/c20-16-8-4-1-5-13(16)11-28-12-17(23)21-29(26,27)10-9-22-18(24)14-6-2-3-7-15(14)19(22)25/h1-8H,9-12H2,(H,21,23). The predicted octanol–water partition coefficient (Wildman–Crippen LogP) is 1.60. The van der Waals surface area contributed by atoms with Gasteiger partial charge in [0, 0.05) is 11.6 Å². The molecule has 0 spiro atoms. The zero-order valence-corrected chi connectivity index (χ0v) is 16.7. The summed E-state index contributed by atoms with van der Waals surface area (Å²) in [6, 6.07) is 13.1. The van der Waals surface area contributed by atoms with Gasteiger partial charge >= 0.3 is 0 Å². The van der Waals surface area contributed by atoms with Crippen molar-refractivity contribution >= 4 is 39.3 Å². The summed E-state index contributed by atoms with van der Waals surface area (Å²) in [6.45, 7) is -0.810. The molecule has 8 nitrogen and oxygen atoms in total. The molecule has 1 aliphatic rings. The number of imide groups is 1. The zero-order valence-electron chi connectivity index (χ0n) is 15.1. The van der Waals surface area contributed by atoms with Gasteiger partial charge in [-0.15, -0.1) is 0 Å². The van der Waals surface area contributed by atoms with E-state index < -0.39 is 40.1 Å². The molecule has 0 aromatic heterocycles. The highest BCUT2D eigenvalue weighted by Gasteiger charge is 2.35. The van der Waals surface area contributed by atoms with Gasteiger partial charge < -0.3 is 4.74 Å². The second-order valence-electron chi connectivity index (χ2n) is 6.24. The van der Waals surface area contributed by atoms with Gasteiger partial charge in [0.05, 0.1) is 23.5 Å². The number of nitrogens with one attached hydrogen (secondary N) is 1. The number of benzene rings is 2. The van der Waals surface area contributed by atoms with Crippen molar-refractivity contribution in [1.82, 2.24) is 9.62 Å². The fourth-order valence-corrected chi connectivity index (χ4v) is 3.90. The van der Waals surface area contributed by atoms with Crippen LogP contribution in [0.3, 0.4) is 0 Å². The van der Waals surface area contributed by atoms with E-state index in [0.29, 0.717) is 10.6 Å². The molecule has 3 rings (SSSR count). The third-order valence-electron chi connectivity index (χ3n) is 4.18. The second kappa shape index (κ2) is 8.73. The number of nitrogens with zero attached hydrogens (tertiary/aromatic N) is 1. The van der Waals surface area contributed by atoms with Crippen LogP contribution in [0.4, 0.5) is 0 Å². The normalized spacial score (nSPS) is 13.5. The van der Waals surface area contributed by atoms with E-state index in [0.717, 1.165) is 4.90 Å². The van der Waals surface area contributed by atoms with Crippen molar-refractivity contribution < 1.29 is 27.5 Å². The molecule has 0 saturated carbocycles. The van der Waals surface area contributed by atoms with Crippen molar-refractivity contribution in [3.8, 4) is 0 Å². The Labute approximate surface area is 172 Å². The highest BCUT2D eigenvalue weighted by atomic mass is 35.5. The number of fused-ring (bicyclic) bond motifs is 1. The number of hydrogen-bond donors (Lipinski definition) is 1. The van der Waals surface area contributed by atoms with E-state index in [-0.39, 0.29) is 24.3 Å². The number of carbonyl (C=O) groups excluding carboxylic acids is 3. The number of amides is 3. The Balaban J connectivity index is 1.49. The van der Waals surface area contributed by atoms with Crippen LogP contribution >= 0.6 is 11.6 Å². The predicted molar refractivity (Wildman–Crippen MR) is 105 cm³/mol. The van der Waals surface area contributed by atoms with Crippen LogP contribution in [0.1, 0.15) is 26.3 Å². The molecule has 0 radical (unpaired) electrons. The Morgan fingerprint density at radius 1 is 1.00 bits per heavy atom. The maximum absolute atomic E-state index is 12.2. The van der Waals surface area contributed by atoms with Gasteiger partial charge in [0.1, 0.15) is 6.61 Å². The van der Waals surface area contributed by atoms with Crippen LogP contribution in [0.5, 0.6) is 0 Å². The molecule has 3 amide bonds. The zero-order chi connectivity index (χ0) is 21.0. The molecule has 2 aromatic carbocycles. The summed E-state index contributed by atoms with van der Waals surface area (Å²) in [7, 11) is -4.06. The van der Waals surface area contributed by atoms with Crippen LogP contribution in [-0.4, -0.2) is 49.9 Å². The van der Waals surface area contributed by atoms with E-state index in [2.05, 4.69) is 0 Å². The fraction of sp³-hybridized carbons (Fsp3) is 0.211. The Kier molecular flexibility index (Phi) is 6.31. The number of halogens is 1. The first kappa shape index (κ1) is 21.0. The maximum atomic E-state index is 12.2. The van der Waals surface area contributed by atoms with Gasteiger partial charge in [-0.05, 0) is 23.8 Å². The first-order valence-electron chi connectivity index (χ1n) is 8.58. The van der Waals surface area contributed by atoms with Gasteiger partial charge in [-0.3, -0.25) is 24.0 Å². The van der Waals surface area contributed by atoms with Gasteiger partial charge in [-0.2, -0.15) is 0 Å². The monoisotopic (exact) mass is 436 g/mol. The Morgan fingerprint density at radius 3 is 2.21 bits per heavy atom. The summed E-state index contributed by atoms with van der Waals surface area (Å²) < 4.78 is 31.3. The summed E-state index contributed by atoms with van der Waals surface area (Å²) >= 11 is 5.97. The van der Waals surface area contributed by atoms with Crippen LogP contribution in [0.25, 0.3) is 0 Å². The van der Waals surface area contributed by atoms with Crippen molar-refractivity contribution in [3.63, 3.8) is 0 Å². The van der Waals surface area contributed by atoms with Crippen molar-refractivity contribution in [2.45, 2.75) is 6.61 Å². The molecule has 29 heavy (non-hydrogen) atoms. The average molecular weight is 437 g/mol. The Hall–Kier alpha value is -2.75. The molecule has 0 fully saturated rings. The number of sulfonamides is 1. The lowest BCUT2D eigenvalue weighted by atomic mass is 10.1. The van der Waals surface area contributed by atoms with Crippen LogP contribution in [0.15, 0.2) is 48.5 Å². The van der Waals surface area contributed by atoms with Crippen molar-refractivity contribution in [2.75, 3.05) is 18.9 Å². The lowest BCUT2D eigenvalue weighted by molar-refractivity contribution is -0.124. The summed E-state index contributed by atoms with van der Waals surface area (Å²) in [6.07, 6.45) is 0. The molecule has 2 aromatic rings. The number of carbonyl (C=O) groups is 3. The molecule has 0 aliphatic carbocycles. The molecular formula is C19H17ClN2O6S. The molecule has 1 heterocycles. The molecule has 0 bridgehead atoms. The minimum absolute atomic E-state index is 0.0438. The van der Waals surface area contributed by atoms with E-state index in [1.807, 2.05) is 4.72 Å². The van der Waals surface area contributed by atoms with Gasteiger partial charge in [0.25, 0.3) is 17.7 Å². The summed E-state index contributed by atoms with van der Waals surface area (Å²) in [5.41, 5.74) is 1.12. The SMILES string of the molecule is O=C(COCc1ccccc1Cl)NS(=O)(=O)CCN1C(=O)c2ccccc2C1=O. The molecule has 152 valence electrons. The van der Waals surface area contributed by atoms with Gasteiger partial charge in [0.2, 0.25) is 10.0 Å². The van der Waals surface area contributed by atoms with Crippen LogP contribution in [0, 0.1) is 0 Å². The van der Waals surface area contributed by atoms with E-state index in [1.54, 1.807) is 36.4 Å². The van der Waals surface area contributed by atoms with E-state index >= 15 is 0 Å². The highest BCUT2D eigenvalue weighted by molar-refractivity contribution is 7.90. The molecular weight excluding hydrogens is 420 g/mol. The number of ether oxygens (including phenoxy) is 1. The smallest absolute Gasteiger partial charge is 0.261 e. The van der Waals surface area contributed by atoms with Crippen molar-refractivity contribution in [1.29, 1.82) is 0 Å². The van der Waals surface area contributed by atoms with E-state index in [9.17, 15) is 22.8 Å². The average Bonchev–Trinajstić information content (AvgIpc) is 2.92. The quantitative estimate of drug-likeness (QED) is 0.629. The third kappa shape index (κ3) is 5.00. The van der Waals surface area contributed by atoms with Crippen LogP contribution in [-0.2, 0) is 26.2 Å². The molecule has 0 unspecified atom stereocenters. The number of hydrogen-bond acceptors (Lipinski definition) is 6.